The fraction of sp³-hybridized carbons (Fsp3) is 0.364. The SMILES string of the molecule is CC.CC.CNc1ccc(CN2c3ccccc3NC(=O)C2Cc2ccccc2)cc1.COC(=O)CCSCC=O. The first kappa shape index (κ1) is 35.2. The number of anilines is 3. The molecular formula is C33H45N3O4S. The number of esters is 1. The van der Waals surface area contributed by atoms with Gasteiger partial charge in [-0.1, -0.05) is 82.3 Å². The Morgan fingerprint density at radius 3 is 2.20 bits per heavy atom. The lowest BCUT2D eigenvalue weighted by atomic mass is 9.99. The summed E-state index contributed by atoms with van der Waals surface area (Å²) in [4.78, 5) is 35.4. The quantitative estimate of drug-likeness (QED) is 0.155. The maximum atomic E-state index is 12.9. The molecule has 0 aromatic heterocycles. The van der Waals surface area contributed by atoms with E-state index in [-0.39, 0.29) is 17.9 Å². The Labute approximate surface area is 250 Å². The molecule has 0 saturated carbocycles. The van der Waals surface area contributed by atoms with Crippen LogP contribution >= 0.6 is 11.8 Å². The summed E-state index contributed by atoms with van der Waals surface area (Å²) < 4.78 is 4.39. The number of aldehydes is 1. The van der Waals surface area contributed by atoms with Crippen molar-refractivity contribution in [2.45, 2.75) is 53.1 Å². The third-order valence-corrected chi connectivity index (χ3v) is 6.75. The largest absolute Gasteiger partial charge is 0.469 e. The predicted molar refractivity (Wildman–Crippen MR) is 174 cm³/mol. The van der Waals surface area contributed by atoms with E-state index in [1.807, 2.05) is 71.1 Å². The summed E-state index contributed by atoms with van der Waals surface area (Å²) in [6.45, 7) is 8.69. The molecule has 1 aliphatic rings. The molecule has 0 bridgehead atoms. The van der Waals surface area contributed by atoms with Gasteiger partial charge in [-0.2, -0.15) is 11.8 Å². The molecule has 1 amide bonds. The van der Waals surface area contributed by atoms with Crippen molar-refractivity contribution in [1.29, 1.82) is 0 Å². The highest BCUT2D eigenvalue weighted by Crippen LogP contribution is 2.34. The summed E-state index contributed by atoms with van der Waals surface area (Å²) in [5.74, 6) is 0.936. The summed E-state index contributed by atoms with van der Waals surface area (Å²) in [6, 6.07) is 26.3. The fourth-order valence-corrected chi connectivity index (χ4v) is 4.53. The zero-order valence-corrected chi connectivity index (χ0v) is 26.0. The molecule has 0 radical (unpaired) electrons. The average Bonchev–Trinajstić information content (AvgIpc) is 3.04. The summed E-state index contributed by atoms with van der Waals surface area (Å²) in [5, 5.41) is 6.22. The van der Waals surface area contributed by atoms with Gasteiger partial charge in [0, 0.05) is 37.2 Å². The second-order valence-corrected chi connectivity index (χ2v) is 9.50. The van der Waals surface area contributed by atoms with Gasteiger partial charge in [-0.25, -0.2) is 0 Å². The smallest absolute Gasteiger partial charge is 0.306 e. The monoisotopic (exact) mass is 579 g/mol. The van der Waals surface area contributed by atoms with Gasteiger partial charge in [-0.15, -0.1) is 0 Å². The van der Waals surface area contributed by atoms with E-state index in [4.69, 9.17) is 0 Å². The minimum Gasteiger partial charge on any atom is -0.469 e. The van der Waals surface area contributed by atoms with Crippen molar-refractivity contribution in [3.05, 3.63) is 90.0 Å². The molecular weight excluding hydrogens is 534 g/mol. The molecule has 1 heterocycles. The number of nitrogens with one attached hydrogen (secondary N) is 2. The van der Waals surface area contributed by atoms with Gasteiger partial charge < -0.3 is 25.1 Å². The third-order valence-electron chi connectivity index (χ3n) is 5.88. The number of carbonyl (C=O) groups is 3. The van der Waals surface area contributed by atoms with Crippen molar-refractivity contribution >= 4 is 47.0 Å². The highest BCUT2D eigenvalue weighted by Gasteiger charge is 2.32. The van der Waals surface area contributed by atoms with Crippen LogP contribution in [0.1, 0.15) is 45.2 Å². The Balaban J connectivity index is 0.000000509. The Morgan fingerprint density at radius 2 is 1.59 bits per heavy atom. The number of nitrogens with zero attached hydrogens (tertiary/aromatic N) is 1. The van der Waals surface area contributed by atoms with E-state index < -0.39 is 0 Å². The molecule has 4 rings (SSSR count). The lowest BCUT2D eigenvalue weighted by molar-refractivity contribution is -0.140. The van der Waals surface area contributed by atoms with E-state index in [0.717, 1.165) is 28.9 Å². The molecule has 1 aliphatic heterocycles. The van der Waals surface area contributed by atoms with Crippen molar-refractivity contribution in [3.63, 3.8) is 0 Å². The van der Waals surface area contributed by atoms with Crippen LogP contribution in [-0.2, 0) is 32.1 Å². The van der Waals surface area contributed by atoms with Crippen molar-refractivity contribution in [3.8, 4) is 0 Å². The molecule has 1 atom stereocenters. The number of thioether (sulfide) groups is 1. The Morgan fingerprint density at radius 1 is 0.951 bits per heavy atom. The van der Waals surface area contributed by atoms with E-state index in [9.17, 15) is 14.4 Å². The first-order chi connectivity index (χ1) is 20.0. The zero-order valence-electron chi connectivity index (χ0n) is 25.2. The van der Waals surface area contributed by atoms with Crippen LogP contribution in [0, 0.1) is 0 Å². The van der Waals surface area contributed by atoms with Gasteiger partial charge in [0.15, 0.2) is 0 Å². The number of carbonyl (C=O) groups excluding carboxylic acids is 3. The first-order valence-corrected chi connectivity index (χ1v) is 15.3. The molecule has 1 unspecified atom stereocenters. The maximum Gasteiger partial charge on any atom is 0.306 e. The summed E-state index contributed by atoms with van der Waals surface area (Å²) in [6.07, 6.45) is 1.88. The molecule has 222 valence electrons. The molecule has 8 heteroatoms. The predicted octanol–water partition coefficient (Wildman–Crippen LogP) is 6.83. The van der Waals surface area contributed by atoms with Crippen molar-refractivity contribution in [2.24, 2.45) is 0 Å². The van der Waals surface area contributed by atoms with Crippen LogP contribution in [0.15, 0.2) is 78.9 Å². The molecule has 3 aromatic rings. The topological polar surface area (TPSA) is 87.7 Å². The van der Waals surface area contributed by atoms with E-state index in [0.29, 0.717) is 30.9 Å². The highest BCUT2D eigenvalue weighted by atomic mass is 32.2. The van der Waals surface area contributed by atoms with Gasteiger partial charge in [0.2, 0.25) is 5.91 Å². The average molecular weight is 580 g/mol. The molecule has 0 fully saturated rings. The summed E-state index contributed by atoms with van der Waals surface area (Å²) in [5.41, 5.74) is 5.36. The van der Waals surface area contributed by atoms with Gasteiger partial charge in [-0.3, -0.25) is 9.59 Å². The fourth-order valence-electron chi connectivity index (χ4n) is 3.95. The second kappa shape index (κ2) is 21.0. The number of methoxy groups -OCH3 is 1. The normalized spacial score (nSPS) is 12.9. The van der Waals surface area contributed by atoms with Crippen LogP contribution in [0.4, 0.5) is 17.1 Å². The standard InChI is InChI=1S/C23H23N3O.C6H10O3S.2C2H6/c1-24-19-13-11-18(12-14-19)16-26-21-10-6-5-9-20(21)25-23(27)22(26)15-17-7-3-2-4-8-17;1-9-6(8)2-4-10-5-3-7;2*1-2/h2-14,22,24H,15-16H2,1H3,(H,25,27);3H,2,4-5H2,1H3;2*1-2H3. The van der Waals surface area contributed by atoms with Crippen molar-refractivity contribution in [2.75, 3.05) is 41.2 Å². The molecule has 41 heavy (non-hydrogen) atoms. The van der Waals surface area contributed by atoms with Crippen LogP contribution in [0.25, 0.3) is 0 Å². The summed E-state index contributed by atoms with van der Waals surface area (Å²) >= 11 is 1.43. The van der Waals surface area contributed by atoms with Gasteiger partial charge >= 0.3 is 5.97 Å². The van der Waals surface area contributed by atoms with Gasteiger partial charge in [0.05, 0.1) is 24.9 Å². The molecule has 3 aromatic carbocycles. The minimum absolute atomic E-state index is 0.0457. The lowest BCUT2D eigenvalue weighted by Crippen LogP contribution is -2.49. The Kier molecular flexibility index (Phi) is 18.1. The third kappa shape index (κ3) is 12.1. The number of amides is 1. The number of para-hydroxylation sites is 2. The number of hydrogen-bond acceptors (Lipinski definition) is 7. The minimum atomic E-state index is -0.244. The zero-order chi connectivity index (χ0) is 30.5. The first-order valence-electron chi connectivity index (χ1n) is 14.1. The maximum absolute atomic E-state index is 12.9. The van der Waals surface area contributed by atoms with Gasteiger partial charge in [-0.05, 0) is 35.4 Å². The Hall–Kier alpha value is -3.78. The number of benzene rings is 3. The van der Waals surface area contributed by atoms with Crippen LogP contribution < -0.4 is 15.5 Å². The summed E-state index contributed by atoms with van der Waals surface area (Å²) in [7, 11) is 3.27. The molecule has 0 saturated heterocycles. The van der Waals surface area contributed by atoms with E-state index in [1.165, 1.54) is 24.4 Å². The van der Waals surface area contributed by atoms with Crippen LogP contribution in [0.2, 0.25) is 0 Å². The van der Waals surface area contributed by atoms with Gasteiger partial charge in [0.1, 0.15) is 12.3 Å². The molecule has 2 N–H and O–H groups in total. The van der Waals surface area contributed by atoms with Crippen molar-refractivity contribution < 1.29 is 19.1 Å². The molecule has 0 spiro atoms. The number of rotatable bonds is 10. The van der Waals surface area contributed by atoms with Gasteiger partial charge in [0.25, 0.3) is 0 Å². The van der Waals surface area contributed by atoms with E-state index >= 15 is 0 Å². The lowest BCUT2D eigenvalue weighted by Gasteiger charge is -2.38. The van der Waals surface area contributed by atoms with E-state index in [1.54, 1.807) is 0 Å². The van der Waals surface area contributed by atoms with Crippen LogP contribution in [0.3, 0.4) is 0 Å². The molecule has 0 aliphatic carbocycles. The second-order valence-electron chi connectivity index (χ2n) is 8.35. The highest BCUT2D eigenvalue weighted by molar-refractivity contribution is 7.99. The van der Waals surface area contributed by atoms with E-state index in [2.05, 4.69) is 62.7 Å². The van der Waals surface area contributed by atoms with Crippen LogP contribution in [-0.4, -0.2) is 49.9 Å². The number of hydrogen-bond donors (Lipinski definition) is 2. The Bertz CT molecular complexity index is 1160. The molecule has 7 nitrogen and oxygen atoms in total. The number of ether oxygens (including phenoxy) is 1. The van der Waals surface area contributed by atoms with Crippen molar-refractivity contribution in [1.82, 2.24) is 0 Å². The van der Waals surface area contributed by atoms with Crippen LogP contribution in [0.5, 0.6) is 0 Å². The number of fused-ring (bicyclic) bond motifs is 1.